The zero-order chi connectivity index (χ0) is 19.5. The summed E-state index contributed by atoms with van der Waals surface area (Å²) in [6.07, 6.45) is 3.38. The maximum atomic E-state index is 12.9. The van der Waals surface area contributed by atoms with E-state index in [0.717, 1.165) is 22.9 Å². The lowest BCUT2D eigenvalue weighted by Crippen LogP contribution is -2.37. The molecule has 28 heavy (non-hydrogen) atoms. The average molecular weight is 438 g/mol. The second kappa shape index (κ2) is 8.10. The maximum absolute atomic E-state index is 12.9. The number of nitrogens with one attached hydrogen (secondary N) is 1. The first-order valence-electron chi connectivity index (χ1n) is 9.34. The van der Waals surface area contributed by atoms with Crippen molar-refractivity contribution in [1.29, 1.82) is 0 Å². The van der Waals surface area contributed by atoms with E-state index in [4.69, 9.17) is 0 Å². The topological polar surface area (TPSA) is 64.0 Å². The summed E-state index contributed by atoms with van der Waals surface area (Å²) in [4.78, 5) is 25.1. The molecule has 5 nitrogen and oxygen atoms in total. The Hall–Kier alpha value is -2.73. The van der Waals surface area contributed by atoms with E-state index >= 15 is 0 Å². The van der Waals surface area contributed by atoms with Gasteiger partial charge in [-0.15, -0.1) is 0 Å². The van der Waals surface area contributed by atoms with Crippen LogP contribution in [-0.2, 0) is 0 Å². The molecule has 142 valence electrons. The first kappa shape index (κ1) is 18.6. The number of halogens is 1. The van der Waals surface area contributed by atoms with Gasteiger partial charge in [-0.25, -0.2) is 0 Å². The highest BCUT2D eigenvalue weighted by Crippen LogP contribution is 2.38. The lowest BCUT2D eigenvalue weighted by atomic mass is 9.77. The van der Waals surface area contributed by atoms with Gasteiger partial charge in [-0.3, -0.25) is 9.59 Å². The van der Waals surface area contributed by atoms with Gasteiger partial charge in [0, 0.05) is 10.5 Å². The summed E-state index contributed by atoms with van der Waals surface area (Å²) < 4.78 is 2.26. The van der Waals surface area contributed by atoms with E-state index in [9.17, 15) is 9.59 Å². The number of benzene rings is 2. The number of aromatic nitrogens is 2. The highest BCUT2D eigenvalue weighted by Gasteiger charge is 2.30. The number of carbonyl (C=O) groups is 1. The molecule has 3 aromatic rings. The smallest absolute Gasteiger partial charge is 0.272 e. The Morgan fingerprint density at radius 1 is 1.04 bits per heavy atom. The largest absolute Gasteiger partial charge is 0.344 e. The van der Waals surface area contributed by atoms with Crippen LogP contribution in [0, 0.1) is 5.92 Å². The fourth-order valence-electron chi connectivity index (χ4n) is 3.42. The fourth-order valence-corrected chi connectivity index (χ4v) is 3.68. The lowest BCUT2D eigenvalue weighted by molar-refractivity contribution is 0.0893. The minimum atomic E-state index is -0.274. The van der Waals surface area contributed by atoms with Gasteiger partial charge in [-0.1, -0.05) is 52.7 Å². The van der Waals surface area contributed by atoms with Crippen LogP contribution in [0.2, 0.25) is 0 Å². The summed E-state index contributed by atoms with van der Waals surface area (Å²) in [5.41, 5.74) is 1.67. The van der Waals surface area contributed by atoms with Crippen LogP contribution in [0.4, 0.5) is 0 Å². The second-order valence-electron chi connectivity index (χ2n) is 7.00. The van der Waals surface area contributed by atoms with Crippen molar-refractivity contribution in [2.24, 2.45) is 5.92 Å². The molecule has 1 fully saturated rings. The SMILES string of the molecule is O=C(N[C@H](c1ccc(Br)cc1)C1CCC1)c1ccc(=O)n(-c2ccccc2)n1. The summed E-state index contributed by atoms with van der Waals surface area (Å²) in [7, 11) is 0. The van der Waals surface area contributed by atoms with Crippen LogP contribution in [0.3, 0.4) is 0 Å². The molecule has 1 amide bonds. The van der Waals surface area contributed by atoms with Crippen LogP contribution in [0.1, 0.15) is 41.4 Å². The Morgan fingerprint density at radius 2 is 1.75 bits per heavy atom. The van der Waals surface area contributed by atoms with E-state index in [-0.39, 0.29) is 23.2 Å². The number of carbonyl (C=O) groups excluding carboxylic acids is 1. The van der Waals surface area contributed by atoms with Crippen LogP contribution < -0.4 is 10.9 Å². The lowest BCUT2D eigenvalue weighted by Gasteiger charge is -2.34. The van der Waals surface area contributed by atoms with E-state index < -0.39 is 0 Å². The molecule has 0 aliphatic heterocycles. The first-order valence-corrected chi connectivity index (χ1v) is 10.1. The van der Waals surface area contributed by atoms with E-state index in [2.05, 4.69) is 26.3 Å². The van der Waals surface area contributed by atoms with Crippen molar-refractivity contribution in [3.8, 4) is 5.69 Å². The highest BCUT2D eigenvalue weighted by atomic mass is 79.9. The van der Waals surface area contributed by atoms with Gasteiger partial charge in [0.15, 0.2) is 0 Å². The van der Waals surface area contributed by atoms with Gasteiger partial charge in [0.25, 0.3) is 11.5 Å². The van der Waals surface area contributed by atoms with Crippen LogP contribution in [0.25, 0.3) is 5.69 Å². The Labute approximate surface area is 171 Å². The van der Waals surface area contributed by atoms with Crippen LogP contribution in [0.5, 0.6) is 0 Å². The van der Waals surface area contributed by atoms with E-state index in [1.54, 1.807) is 12.1 Å². The number of amides is 1. The summed E-state index contributed by atoms with van der Waals surface area (Å²) >= 11 is 3.46. The predicted molar refractivity (Wildman–Crippen MR) is 112 cm³/mol. The molecule has 1 aromatic heterocycles. The summed E-state index contributed by atoms with van der Waals surface area (Å²) in [5.74, 6) is 0.148. The van der Waals surface area contributed by atoms with Gasteiger partial charge in [0.2, 0.25) is 0 Å². The molecule has 1 saturated carbocycles. The third-order valence-electron chi connectivity index (χ3n) is 5.17. The van der Waals surface area contributed by atoms with E-state index in [1.807, 2.05) is 42.5 Å². The van der Waals surface area contributed by atoms with Crippen molar-refractivity contribution in [3.63, 3.8) is 0 Å². The summed E-state index contributed by atoms with van der Waals surface area (Å²) in [6, 6.07) is 19.9. The van der Waals surface area contributed by atoms with Gasteiger partial charge in [0.05, 0.1) is 11.7 Å². The molecule has 0 unspecified atom stereocenters. The number of rotatable bonds is 5. The molecule has 1 aliphatic rings. The van der Waals surface area contributed by atoms with Crippen LogP contribution >= 0.6 is 15.9 Å². The fraction of sp³-hybridized carbons (Fsp3) is 0.227. The van der Waals surface area contributed by atoms with Crippen LogP contribution in [0.15, 0.2) is 76.0 Å². The molecule has 1 heterocycles. The molecule has 2 aromatic carbocycles. The number of hydrogen-bond acceptors (Lipinski definition) is 3. The molecular weight excluding hydrogens is 418 g/mol. The third-order valence-corrected chi connectivity index (χ3v) is 5.70. The third kappa shape index (κ3) is 3.92. The normalized spacial score (nSPS) is 14.9. The zero-order valence-corrected chi connectivity index (χ0v) is 16.8. The van der Waals surface area contributed by atoms with Crippen molar-refractivity contribution in [3.05, 3.63) is 92.8 Å². The Morgan fingerprint density at radius 3 is 2.39 bits per heavy atom. The Kier molecular flexibility index (Phi) is 5.39. The van der Waals surface area contributed by atoms with Crippen molar-refractivity contribution >= 4 is 21.8 Å². The van der Waals surface area contributed by atoms with Gasteiger partial charge < -0.3 is 5.32 Å². The first-order chi connectivity index (χ1) is 13.6. The molecule has 0 bridgehead atoms. The van der Waals surface area contributed by atoms with Gasteiger partial charge in [-0.05, 0) is 54.7 Å². The molecule has 1 N–H and O–H groups in total. The van der Waals surface area contributed by atoms with Crippen molar-refractivity contribution in [2.75, 3.05) is 0 Å². The standard InChI is InChI=1S/C22H20BrN3O2/c23-17-11-9-16(10-12-17)21(15-5-4-6-15)24-22(28)19-13-14-20(27)26(25-19)18-7-2-1-3-8-18/h1-3,7-15,21H,4-6H2,(H,24,28)/t21-/m0/s1. The molecular formula is C22H20BrN3O2. The zero-order valence-electron chi connectivity index (χ0n) is 15.2. The van der Waals surface area contributed by atoms with Crippen LogP contribution in [-0.4, -0.2) is 15.7 Å². The molecule has 6 heteroatoms. The van der Waals surface area contributed by atoms with Crippen molar-refractivity contribution < 1.29 is 4.79 Å². The Balaban J connectivity index is 1.61. The number of para-hydroxylation sites is 1. The monoisotopic (exact) mass is 437 g/mol. The molecule has 1 aliphatic carbocycles. The minimum absolute atomic E-state index is 0.0618. The molecule has 0 radical (unpaired) electrons. The summed E-state index contributed by atoms with van der Waals surface area (Å²) in [5, 5.41) is 7.43. The second-order valence-corrected chi connectivity index (χ2v) is 7.91. The average Bonchev–Trinajstić information content (AvgIpc) is 2.67. The predicted octanol–water partition coefficient (Wildman–Crippen LogP) is 4.27. The molecule has 0 saturated heterocycles. The highest BCUT2D eigenvalue weighted by molar-refractivity contribution is 9.10. The molecule has 1 atom stereocenters. The maximum Gasteiger partial charge on any atom is 0.272 e. The number of hydrogen-bond donors (Lipinski definition) is 1. The van der Waals surface area contributed by atoms with E-state index in [0.29, 0.717) is 11.6 Å². The van der Waals surface area contributed by atoms with Gasteiger partial charge in [-0.2, -0.15) is 9.78 Å². The molecule has 4 rings (SSSR count). The minimum Gasteiger partial charge on any atom is -0.344 e. The van der Waals surface area contributed by atoms with Crippen molar-refractivity contribution in [2.45, 2.75) is 25.3 Å². The number of nitrogens with zero attached hydrogens (tertiary/aromatic N) is 2. The van der Waals surface area contributed by atoms with Gasteiger partial charge in [0.1, 0.15) is 5.69 Å². The van der Waals surface area contributed by atoms with Crippen molar-refractivity contribution in [1.82, 2.24) is 15.1 Å². The van der Waals surface area contributed by atoms with E-state index in [1.165, 1.54) is 23.2 Å². The summed E-state index contributed by atoms with van der Waals surface area (Å²) in [6.45, 7) is 0. The van der Waals surface area contributed by atoms with Gasteiger partial charge >= 0.3 is 0 Å². The molecule has 0 spiro atoms. The quantitative estimate of drug-likeness (QED) is 0.648. The Bertz CT molecular complexity index is 1030.